The van der Waals surface area contributed by atoms with E-state index >= 15 is 0 Å². The molecule has 1 saturated heterocycles. The van der Waals surface area contributed by atoms with E-state index in [9.17, 15) is 18.3 Å². The summed E-state index contributed by atoms with van der Waals surface area (Å²) in [7, 11) is -2.24. The number of halogens is 3. The summed E-state index contributed by atoms with van der Waals surface area (Å²) in [6, 6.07) is 4.69. The molecule has 2 aliphatic heterocycles. The summed E-state index contributed by atoms with van der Waals surface area (Å²) in [6.45, 7) is 20.7. The van der Waals surface area contributed by atoms with Crippen molar-refractivity contribution in [1.29, 1.82) is 0 Å². The number of ether oxygens (including phenoxy) is 2. The standard InChI is InChI=1S/C33H46F3NO4Si/c1-20(2)28-27-26(25-23(37-28)18-30(6,7)19-24(25)40-42(8,9)29(3,4)5)31(14-16-39-17-15-31)41-32(27,38)21-10-12-22(13-11-21)33(34,35)36/h10-13,20,24,38H,14-19H2,1-9H3. The Bertz CT molecular complexity index is 1340. The fraction of sp³-hybridized carbons (Fsp3) is 0.667. The zero-order valence-electron chi connectivity index (χ0n) is 26.5. The maximum absolute atomic E-state index is 13.5. The van der Waals surface area contributed by atoms with Crippen LogP contribution in [0.1, 0.15) is 119 Å². The van der Waals surface area contributed by atoms with Crippen LogP contribution in [0, 0.1) is 5.41 Å². The number of rotatable bonds is 4. The maximum Gasteiger partial charge on any atom is 0.416 e. The predicted octanol–water partition coefficient (Wildman–Crippen LogP) is 8.49. The number of fused-ring (bicyclic) bond motifs is 4. The van der Waals surface area contributed by atoms with E-state index in [0.717, 1.165) is 47.5 Å². The first-order valence-corrected chi connectivity index (χ1v) is 18.1. The fourth-order valence-electron chi connectivity index (χ4n) is 6.67. The normalized spacial score (nSPS) is 25.5. The van der Waals surface area contributed by atoms with Gasteiger partial charge in [-0.25, -0.2) is 0 Å². The molecule has 2 unspecified atom stereocenters. The average Bonchev–Trinajstić information content (AvgIpc) is 3.10. The summed E-state index contributed by atoms with van der Waals surface area (Å²) < 4.78 is 60.2. The van der Waals surface area contributed by atoms with Crippen molar-refractivity contribution in [3.05, 3.63) is 63.5 Å². The Balaban J connectivity index is 1.81. The molecule has 1 spiro atoms. The van der Waals surface area contributed by atoms with E-state index < -0.39 is 31.4 Å². The molecule has 0 amide bonds. The molecule has 1 aromatic heterocycles. The molecule has 232 valence electrons. The fourth-order valence-corrected chi connectivity index (χ4v) is 7.94. The number of aliphatic hydroxyl groups is 1. The van der Waals surface area contributed by atoms with Gasteiger partial charge in [0, 0.05) is 54.0 Å². The molecular formula is C33H46F3NO4Si. The zero-order chi connectivity index (χ0) is 31.1. The molecule has 0 bridgehead atoms. The molecule has 3 heterocycles. The molecule has 3 aliphatic rings. The van der Waals surface area contributed by atoms with Gasteiger partial charge in [-0.05, 0) is 54.4 Å². The summed E-state index contributed by atoms with van der Waals surface area (Å²) >= 11 is 0. The van der Waals surface area contributed by atoms with Gasteiger partial charge in [-0.1, -0.05) is 60.6 Å². The molecule has 1 N–H and O–H groups in total. The highest BCUT2D eigenvalue weighted by Crippen LogP contribution is 2.60. The largest absolute Gasteiger partial charge is 0.416 e. The third kappa shape index (κ3) is 5.27. The highest BCUT2D eigenvalue weighted by Gasteiger charge is 2.59. The lowest BCUT2D eigenvalue weighted by atomic mass is 9.69. The molecule has 0 saturated carbocycles. The molecule has 5 nitrogen and oxygen atoms in total. The van der Waals surface area contributed by atoms with E-state index in [2.05, 4.69) is 47.7 Å². The summed E-state index contributed by atoms with van der Waals surface area (Å²) in [4.78, 5) is 5.26. The van der Waals surface area contributed by atoms with Gasteiger partial charge in [0.2, 0.25) is 5.79 Å². The smallest absolute Gasteiger partial charge is 0.410 e. The first-order valence-electron chi connectivity index (χ1n) is 15.1. The van der Waals surface area contributed by atoms with Crippen LogP contribution in [0.5, 0.6) is 0 Å². The monoisotopic (exact) mass is 605 g/mol. The number of hydrogen-bond donors (Lipinski definition) is 1. The Morgan fingerprint density at radius 2 is 1.62 bits per heavy atom. The molecule has 42 heavy (non-hydrogen) atoms. The minimum Gasteiger partial charge on any atom is -0.410 e. The van der Waals surface area contributed by atoms with Crippen LogP contribution in [-0.2, 0) is 37.9 Å². The average molecular weight is 606 g/mol. The minimum absolute atomic E-state index is 0.0168. The van der Waals surface area contributed by atoms with Gasteiger partial charge < -0.3 is 19.0 Å². The second-order valence-electron chi connectivity index (χ2n) is 15.1. The van der Waals surface area contributed by atoms with Crippen molar-refractivity contribution in [2.45, 2.75) is 122 Å². The van der Waals surface area contributed by atoms with Gasteiger partial charge in [-0.3, -0.25) is 4.98 Å². The van der Waals surface area contributed by atoms with Crippen LogP contribution in [0.25, 0.3) is 0 Å². The van der Waals surface area contributed by atoms with Crippen molar-refractivity contribution in [1.82, 2.24) is 4.98 Å². The van der Waals surface area contributed by atoms with Gasteiger partial charge in [0.05, 0.1) is 17.4 Å². The lowest BCUT2D eigenvalue weighted by molar-refractivity contribution is -0.251. The highest BCUT2D eigenvalue weighted by molar-refractivity contribution is 6.74. The molecule has 5 rings (SSSR count). The van der Waals surface area contributed by atoms with Crippen LogP contribution in [0.3, 0.4) is 0 Å². The first-order chi connectivity index (χ1) is 19.2. The number of benzene rings is 1. The van der Waals surface area contributed by atoms with Crippen molar-refractivity contribution in [2.24, 2.45) is 5.41 Å². The minimum atomic E-state index is -4.48. The number of alkyl halides is 3. The number of pyridine rings is 1. The van der Waals surface area contributed by atoms with Crippen molar-refractivity contribution < 1.29 is 32.2 Å². The van der Waals surface area contributed by atoms with E-state index in [0.29, 0.717) is 31.6 Å². The van der Waals surface area contributed by atoms with Gasteiger partial charge in [-0.15, -0.1) is 0 Å². The highest BCUT2D eigenvalue weighted by atomic mass is 28.4. The molecule has 9 heteroatoms. The molecule has 1 aromatic carbocycles. The van der Waals surface area contributed by atoms with Crippen LogP contribution >= 0.6 is 0 Å². The Morgan fingerprint density at radius 3 is 2.14 bits per heavy atom. The van der Waals surface area contributed by atoms with E-state index in [1.54, 1.807) is 0 Å². The third-order valence-corrected chi connectivity index (χ3v) is 14.4. The quantitative estimate of drug-likeness (QED) is 0.354. The lowest BCUT2D eigenvalue weighted by Gasteiger charge is -2.46. The van der Waals surface area contributed by atoms with Crippen molar-refractivity contribution in [3.8, 4) is 0 Å². The SMILES string of the molecule is CC(C)c1nc2c(c3c1C(O)(c1ccc(C(F)(F)F)cc1)OC31CCOCC1)C(O[Si](C)(C)C(C)(C)C)CC(C)(C)C2. The molecular weight excluding hydrogens is 559 g/mol. The zero-order valence-corrected chi connectivity index (χ0v) is 27.5. The third-order valence-electron chi connectivity index (χ3n) is 9.88. The number of nitrogens with zero attached hydrogens (tertiary/aromatic N) is 1. The van der Waals surface area contributed by atoms with Crippen LogP contribution in [0.2, 0.25) is 18.1 Å². The maximum atomic E-state index is 13.5. The predicted molar refractivity (Wildman–Crippen MR) is 159 cm³/mol. The molecule has 1 fully saturated rings. The molecule has 1 aliphatic carbocycles. The van der Waals surface area contributed by atoms with Gasteiger partial charge in [0.1, 0.15) is 5.60 Å². The number of aromatic nitrogens is 1. The van der Waals surface area contributed by atoms with E-state index in [1.807, 2.05) is 13.8 Å². The van der Waals surface area contributed by atoms with E-state index in [-0.39, 0.29) is 28.0 Å². The molecule has 2 aromatic rings. The Labute approximate surface area is 249 Å². The van der Waals surface area contributed by atoms with E-state index in [4.69, 9.17) is 18.9 Å². The van der Waals surface area contributed by atoms with Crippen molar-refractivity contribution in [3.63, 3.8) is 0 Å². The van der Waals surface area contributed by atoms with Crippen molar-refractivity contribution in [2.75, 3.05) is 13.2 Å². The number of hydrogen-bond acceptors (Lipinski definition) is 5. The Morgan fingerprint density at radius 1 is 1.02 bits per heavy atom. The summed E-state index contributed by atoms with van der Waals surface area (Å²) in [5.74, 6) is -2.03. The topological polar surface area (TPSA) is 60.8 Å². The Hall–Kier alpha value is -1.78. The van der Waals surface area contributed by atoms with Crippen LogP contribution in [0.15, 0.2) is 24.3 Å². The van der Waals surface area contributed by atoms with Crippen LogP contribution in [0.4, 0.5) is 13.2 Å². The van der Waals surface area contributed by atoms with Crippen LogP contribution in [-0.4, -0.2) is 31.6 Å². The van der Waals surface area contributed by atoms with Gasteiger partial charge in [-0.2, -0.15) is 13.2 Å². The van der Waals surface area contributed by atoms with Crippen LogP contribution < -0.4 is 0 Å². The van der Waals surface area contributed by atoms with Gasteiger partial charge in [0.15, 0.2) is 8.32 Å². The second-order valence-corrected chi connectivity index (χ2v) is 19.9. The van der Waals surface area contributed by atoms with E-state index in [1.165, 1.54) is 12.1 Å². The second kappa shape index (κ2) is 10.1. The van der Waals surface area contributed by atoms with Gasteiger partial charge in [0.25, 0.3) is 0 Å². The molecule has 2 atom stereocenters. The first kappa shape index (κ1) is 31.6. The Kier molecular flexibility index (Phi) is 7.63. The van der Waals surface area contributed by atoms with Gasteiger partial charge >= 0.3 is 6.18 Å². The van der Waals surface area contributed by atoms with Crippen molar-refractivity contribution >= 4 is 8.32 Å². The lowest BCUT2D eigenvalue weighted by Crippen LogP contribution is -2.45. The summed E-state index contributed by atoms with van der Waals surface area (Å²) in [5.41, 5.74) is 2.75. The summed E-state index contributed by atoms with van der Waals surface area (Å²) in [5, 5.41) is 12.6. The molecule has 0 radical (unpaired) electrons. The summed E-state index contributed by atoms with van der Waals surface area (Å²) in [6.07, 6.45) is -2.13.